The molecular formula is C12H11BrN2O. The van der Waals surface area contributed by atoms with Gasteiger partial charge in [0.05, 0.1) is 5.69 Å². The van der Waals surface area contributed by atoms with Crippen molar-refractivity contribution in [1.82, 2.24) is 9.55 Å². The summed E-state index contributed by atoms with van der Waals surface area (Å²) in [6.07, 6.45) is 3.28. The van der Waals surface area contributed by atoms with Crippen molar-refractivity contribution in [2.45, 2.75) is 13.8 Å². The first kappa shape index (κ1) is 11.1. The predicted octanol–water partition coefficient (Wildman–Crippen LogP) is 2.61. The van der Waals surface area contributed by atoms with Crippen molar-refractivity contribution < 1.29 is 0 Å². The predicted molar refractivity (Wildman–Crippen MR) is 67.0 cm³/mol. The second kappa shape index (κ2) is 4.22. The van der Waals surface area contributed by atoms with Gasteiger partial charge in [-0.1, -0.05) is 12.1 Å². The third-order valence-electron chi connectivity index (χ3n) is 2.63. The van der Waals surface area contributed by atoms with E-state index in [1.54, 1.807) is 17.0 Å². The SMILES string of the molecule is Cc1cccc(-n2ccnc(Br)c2=O)c1C. The molecule has 0 atom stereocenters. The zero-order valence-electron chi connectivity index (χ0n) is 9.07. The first-order valence-electron chi connectivity index (χ1n) is 4.91. The lowest BCUT2D eigenvalue weighted by molar-refractivity contribution is 0.927. The van der Waals surface area contributed by atoms with E-state index in [2.05, 4.69) is 20.9 Å². The van der Waals surface area contributed by atoms with Gasteiger partial charge in [-0.15, -0.1) is 0 Å². The maximum absolute atomic E-state index is 11.9. The molecule has 0 bridgehead atoms. The Kier molecular flexibility index (Phi) is 2.92. The van der Waals surface area contributed by atoms with Gasteiger partial charge in [-0.3, -0.25) is 9.36 Å². The van der Waals surface area contributed by atoms with Crippen LogP contribution in [0.1, 0.15) is 11.1 Å². The molecule has 4 heteroatoms. The Morgan fingerprint density at radius 1 is 1.31 bits per heavy atom. The van der Waals surface area contributed by atoms with Gasteiger partial charge in [0.1, 0.15) is 0 Å². The van der Waals surface area contributed by atoms with Crippen LogP contribution in [-0.4, -0.2) is 9.55 Å². The smallest absolute Gasteiger partial charge is 0.280 e. The Bertz CT molecular complexity index is 590. The van der Waals surface area contributed by atoms with Gasteiger partial charge in [-0.25, -0.2) is 4.98 Å². The second-order valence-corrected chi connectivity index (χ2v) is 4.36. The van der Waals surface area contributed by atoms with Crippen LogP contribution < -0.4 is 5.56 Å². The van der Waals surface area contributed by atoms with Crippen LogP contribution >= 0.6 is 15.9 Å². The molecule has 2 aromatic rings. The van der Waals surface area contributed by atoms with Crippen LogP contribution in [0, 0.1) is 13.8 Å². The molecule has 0 N–H and O–H groups in total. The Morgan fingerprint density at radius 2 is 2.06 bits per heavy atom. The van der Waals surface area contributed by atoms with Gasteiger partial charge in [-0.2, -0.15) is 0 Å². The number of nitrogens with zero attached hydrogens (tertiary/aromatic N) is 2. The van der Waals surface area contributed by atoms with E-state index in [1.807, 2.05) is 32.0 Å². The molecule has 0 aliphatic rings. The standard InChI is InChI=1S/C12H11BrN2O/c1-8-4-3-5-10(9(8)2)15-7-6-14-11(13)12(15)16/h3-7H,1-2H3. The van der Waals surface area contributed by atoms with Crippen LogP contribution in [0.3, 0.4) is 0 Å². The van der Waals surface area contributed by atoms with E-state index in [0.717, 1.165) is 16.8 Å². The average molecular weight is 279 g/mol. The average Bonchev–Trinajstić information content (AvgIpc) is 2.27. The molecule has 0 fully saturated rings. The van der Waals surface area contributed by atoms with E-state index in [1.165, 1.54) is 0 Å². The van der Waals surface area contributed by atoms with Gasteiger partial charge in [0.2, 0.25) is 0 Å². The van der Waals surface area contributed by atoms with E-state index in [9.17, 15) is 4.79 Å². The molecule has 0 spiro atoms. The Morgan fingerprint density at radius 3 is 2.81 bits per heavy atom. The molecule has 0 radical (unpaired) electrons. The third-order valence-corrected chi connectivity index (χ3v) is 3.18. The van der Waals surface area contributed by atoms with Crippen LogP contribution in [0.5, 0.6) is 0 Å². The highest BCUT2D eigenvalue weighted by molar-refractivity contribution is 9.10. The molecule has 3 nitrogen and oxygen atoms in total. The highest BCUT2D eigenvalue weighted by atomic mass is 79.9. The van der Waals surface area contributed by atoms with E-state index in [4.69, 9.17) is 0 Å². The lowest BCUT2D eigenvalue weighted by atomic mass is 10.1. The van der Waals surface area contributed by atoms with Gasteiger partial charge < -0.3 is 0 Å². The van der Waals surface area contributed by atoms with Crippen LogP contribution in [0.2, 0.25) is 0 Å². The highest BCUT2D eigenvalue weighted by Gasteiger charge is 2.06. The van der Waals surface area contributed by atoms with Gasteiger partial charge in [0.25, 0.3) is 5.56 Å². The fourth-order valence-electron chi connectivity index (χ4n) is 1.57. The summed E-state index contributed by atoms with van der Waals surface area (Å²) in [5.74, 6) is 0. The van der Waals surface area contributed by atoms with Crippen molar-refractivity contribution in [3.63, 3.8) is 0 Å². The molecule has 1 aromatic carbocycles. The molecule has 0 amide bonds. The summed E-state index contributed by atoms with van der Waals surface area (Å²) in [5, 5.41) is 0. The number of hydrogen-bond donors (Lipinski definition) is 0. The third kappa shape index (κ3) is 1.80. The minimum absolute atomic E-state index is 0.142. The zero-order chi connectivity index (χ0) is 11.7. The first-order chi connectivity index (χ1) is 7.61. The molecule has 16 heavy (non-hydrogen) atoms. The monoisotopic (exact) mass is 278 g/mol. The largest absolute Gasteiger partial charge is 0.288 e. The Balaban J connectivity index is 2.73. The lowest BCUT2D eigenvalue weighted by Gasteiger charge is -2.10. The maximum Gasteiger partial charge on any atom is 0.288 e. The lowest BCUT2D eigenvalue weighted by Crippen LogP contribution is -2.20. The Hall–Kier alpha value is -1.42. The summed E-state index contributed by atoms with van der Waals surface area (Å²) in [4.78, 5) is 15.8. The van der Waals surface area contributed by atoms with Crippen molar-refractivity contribution in [2.24, 2.45) is 0 Å². The van der Waals surface area contributed by atoms with Gasteiger partial charge in [-0.05, 0) is 47.0 Å². The zero-order valence-corrected chi connectivity index (χ0v) is 10.7. The molecular weight excluding hydrogens is 268 g/mol. The molecule has 0 unspecified atom stereocenters. The summed E-state index contributed by atoms with van der Waals surface area (Å²) in [7, 11) is 0. The number of benzene rings is 1. The van der Waals surface area contributed by atoms with Crippen LogP contribution in [0.15, 0.2) is 40.0 Å². The number of aromatic nitrogens is 2. The first-order valence-corrected chi connectivity index (χ1v) is 5.70. The molecule has 1 heterocycles. The van der Waals surface area contributed by atoms with E-state index in [-0.39, 0.29) is 5.56 Å². The van der Waals surface area contributed by atoms with Crippen LogP contribution in [-0.2, 0) is 0 Å². The number of halogens is 1. The fourth-order valence-corrected chi connectivity index (χ4v) is 1.88. The van der Waals surface area contributed by atoms with Crippen molar-refractivity contribution in [1.29, 1.82) is 0 Å². The number of aryl methyl sites for hydroxylation is 1. The highest BCUT2D eigenvalue weighted by Crippen LogP contribution is 2.15. The minimum atomic E-state index is -0.142. The summed E-state index contributed by atoms with van der Waals surface area (Å²) in [6.45, 7) is 4.03. The normalized spacial score (nSPS) is 10.4. The van der Waals surface area contributed by atoms with Gasteiger partial charge >= 0.3 is 0 Å². The van der Waals surface area contributed by atoms with Crippen molar-refractivity contribution in [3.8, 4) is 5.69 Å². The number of rotatable bonds is 1. The molecule has 0 aliphatic heterocycles. The summed E-state index contributed by atoms with van der Waals surface area (Å²) in [5.41, 5.74) is 3.02. The quantitative estimate of drug-likeness (QED) is 0.804. The fraction of sp³-hybridized carbons (Fsp3) is 0.167. The van der Waals surface area contributed by atoms with Crippen molar-refractivity contribution in [2.75, 3.05) is 0 Å². The summed E-state index contributed by atoms with van der Waals surface area (Å²) >= 11 is 3.14. The minimum Gasteiger partial charge on any atom is -0.280 e. The van der Waals surface area contributed by atoms with Gasteiger partial charge in [0.15, 0.2) is 4.60 Å². The van der Waals surface area contributed by atoms with E-state index in [0.29, 0.717) is 4.60 Å². The van der Waals surface area contributed by atoms with Crippen LogP contribution in [0.25, 0.3) is 5.69 Å². The summed E-state index contributed by atoms with van der Waals surface area (Å²) < 4.78 is 1.93. The molecule has 0 saturated heterocycles. The van der Waals surface area contributed by atoms with E-state index < -0.39 is 0 Å². The second-order valence-electron chi connectivity index (χ2n) is 3.61. The van der Waals surface area contributed by atoms with Crippen LogP contribution in [0.4, 0.5) is 0 Å². The Labute approximate surface area is 102 Å². The molecule has 2 rings (SSSR count). The molecule has 82 valence electrons. The number of hydrogen-bond acceptors (Lipinski definition) is 2. The topological polar surface area (TPSA) is 34.9 Å². The molecule has 1 aromatic heterocycles. The maximum atomic E-state index is 11.9. The summed E-state index contributed by atoms with van der Waals surface area (Å²) in [6, 6.07) is 5.90. The van der Waals surface area contributed by atoms with Crippen molar-refractivity contribution >= 4 is 15.9 Å². The van der Waals surface area contributed by atoms with Gasteiger partial charge in [0, 0.05) is 12.4 Å². The van der Waals surface area contributed by atoms with Crippen molar-refractivity contribution in [3.05, 3.63) is 56.7 Å². The molecule has 0 saturated carbocycles. The molecule has 0 aliphatic carbocycles. The van der Waals surface area contributed by atoms with E-state index >= 15 is 0 Å².